The van der Waals surface area contributed by atoms with Crippen LogP contribution in [0.2, 0.25) is 0 Å². The Morgan fingerprint density at radius 1 is 1.07 bits per heavy atom. The van der Waals surface area contributed by atoms with Crippen LogP contribution in [0.3, 0.4) is 0 Å². The molecule has 5 rings (SSSR count). The SMILES string of the molecule is O=C(OCC1c2ccccc2-c2ccccc21)N1CCNCC1c1ccncc1F. The first-order chi connectivity index (χ1) is 14.7. The van der Waals surface area contributed by atoms with Gasteiger partial charge in [0.1, 0.15) is 12.4 Å². The minimum atomic E-state index is -0.419. The van der Waals surface area contributed by atoms with E-state index in [0.29, 0.717) is 25.2 Å². The van der Waals surface area contributed by atoms with Crippen LogP contribution < -0.4 is 5.32 Å². The highest BCUT2D eigenvalue weighted by Gasteiger charge is 2.33. The smallest absolute Gasteiger partial charge is 0.410 e. The monoisotopic (exact) mass is 403 g/mol. The van der Waals surface area contributed by atoms with Crippen LogP contribution in [0.25, 0.3) is 11.1 Å². The first kappa shape index (κ1) is 18.8. The summed E-state index contributed by atoms with van der Waals surface area (Å²) in [4.78, 5) is 18.4. The van der Waals surface area contributed by atoms with Gasteiger partial charge in [-0.05, 0) is 28.3 Å². The lowest BCUT2D eigenvalue weighted by Crippen LogP contribution is -2.49. The van der Waals surface area contributed by atoms with E-state index in [2.05, 4.69) is 34.6 Å². The molecule has 1 aliphatic carbocycles. The molecule has 5 nitrogen and oxygen atoms in total. The minimum Gasteiger partial charge on any atom is -0.448 e. The van der Waals surface area contributed by atoms with Gasteiger partial charge in [0, 0.05) is 37.3 Å². The maximum absolute atomic E-state index is 14.3. The molecular weight excluding hydrogens is 381 g/mol. The zero-order valence-corrected chi connectivity index (χ0v) is 16.4. The lowest BCUT2D eigenvalue weighted by atomic mass is 9.98. The molecule has 1 aliphatic heterocycles. The third-order valence-electron chi connectivity index (χ3n) is 5.98. The van der Waals surface area contributed by atoms with Crippen molar-refractivity contribution in [3.8, 4) is 11.1 Å². The molecule has 2 aromatic carbocycles. The average Bonchev–Trinajstić information content (AvgIpc) is 3.12. The molecule has 1 amide bonds. The fourth-order valence-electron chi connectivity index (χ4n) is 4.53. The van der Waals surface area contributed by atoms with Gasteiger partial charge in [0.15, 0.2) is 0 Å². The number of piperazine rings is 1. The van der Waals surface area contributed by atoms with Gasteiger partial charge >= 0.3 is 6.09 Å². The third-order valence-corrected chi connectivity index (χ3v) is 5.98. The first-order valence-corrected chi connectivity index (χ1v) is 10.2. The number of rotatable bonds is 3. The van der Waals surface area contributed by atoms with Crippen molar-refractivity contribution in [1.82, 2.24) is 15.2 Å². The molecular formula is C24H22FN3O2. The summed E-state index contributed by atoms with van der Waals surface area (Å²) in [5.74, 6) is -0.414. The van der Waals surface area contributed by atoms with Gasteiger partial charge in [-0.15, -0.1) is 0 Å². The predicted molar refractivity (Wildman–Crippen MR) is 112 cm³/mol. The van der Waals surface area contributed by atoms with Crippen LogP contribution in [0.15, 0.2) is 67.0 Å². The van der Waals surface area contributed by atoms with Crippen LogP contribution in [0.4, 0.5) is 9.18 Å². The maximum Gasteiger partial charge on any atom is 0.410 e. The molecule has 0 spiro atoms. The van der Waals surface area contributed by atoms with E-state index in [0.717, 1.165) is 0 Å². The number of hydrogen-bond acceptors (Lipinski definition) is 4. The van der Waals surface area contributed by atoms with Gasteiger partial charge in [-0.1, -0.05) is 48.5 Å². The molecule has 1 N–H and O–H groups in total. The van der Waals surface area contributed by atoms with Gasteiger partial charge in [0.2, 0.25) is 0 Å². The van der Waals surface area contributed by atoms with E-state index < -0.39 is 18.0 Å². The maximum atomic E-state index is 14.3. The van der Waals surface area contributed by atoms with E-state index in [1.165, 1.54) is 28.5 Å². The van der Waals surface area contributed by atoms with Gasteiger partial charge in [-0.3, -0.25) is 9.88 Å². The summed E-state index contributed by atoms with van der Waals surface area (Å²) in [6.45, 7) is 1.84. The average molecular weight is 403 g/mol. The Bertz CT molecular complexity index is 1040. The van der Waals surface area contributed by atoms with Crippen LogP contribution >= 0.6 is 0 Å². The molecule has 1 atom stereocenters. The summed E-state index contributed by atoms with van der Waals surface area (Å²) >= 11 is 0. The second-order valence-corrected chi connectivity index (χ2v) is 7.61. The number of carbonyl (C=O) groups excluding carboxylic acids is 1. The van der Waals surface area contributed by atoms with Crippen molar-refractivity contribution in [3.63, 3.8) is 0 Å². The van der Waals surface area contributed by atoms with E-state index in [9.17, 15) is 9.18 Å². The van der Waals surface area contributed by atoms with Crippen LogP contribution in [-0.4, -0.2) is 42.2 Å². The lowest BCUT2D eigenvalue weighted by Gasteiger charge is -2.36. The number of pyridine rings is 1. The van der Waals surface area contributed by atoms with Gasteiger partial charge in [0.05, 0.1) is 12.2 Å². The highest BCUT2D eigenvalue weighted by molar-refractivity contribution is 5.79. The molecule has 0 bridgehead atoms. The molecule has 2 aliphatic rings. The Morgan fingerprint density at radius 2 is 1.77 bits per heavy atom. The fraction of sp³-hybridized carbons (Fsp3) is 0.250. The number of nitrogens with zero attached hydrogens (tertiary/aromatic N) is 2. The zero-order chi connectivity index (χ0) is 20.5. The summed E-state index contributed by atoms with van der Waals surface area (Å²) in [5, 5.41) is 3.23. The quantitative estimate of drug-likeness (QED) is 0.715. The number of hydrogen-bond donors (Lipinski definition) is 1. The van der Waals surface area contributed by atoms with Crippen molar-refractivity contribution in [1.29, 1.82) is 0 Å². The largest absolute Gasteiger partial charge is 0.448 e. The Balaban J connectivity index is 1.36. The lowest BCUT2D eigenvalue weighted by molar-refractivity contribution is 0.0744. The normalized spacial score (nSPS) is 18.0. The highest BCUT2D eigenvalue weighted by Crippen LogP contribution is 2.44. The summed E-state index contributed by atoms with van der Waals surface area (Å²) < 4.78 is 20.1. The van der Waals surface area contributed by atoms with Crippen molar-refractivity contribution in [2.75, 3.05) is 26.2 Å². The van der Waals surface area contributed by atoms with Crippen molar-refractivity contribution < 1.29 is 13.9 Å². The molecule has 1 fully saturated rings. The molecule has 30 heavy (non-hydrogen) atoms. The second kappa shape index (κ2) is 7.88. The minimum absolute atomic E-state index is 0.000349. The third kappa shape index (κ3) is 3.23. The Kier molecular flexibility index (Phi) is 4.93. The summed E-state index contributed by atoms with van der Waals surface area (Å²) in [6, 6.07) is 17.7. The number of halogens is 1. The Hall–Kier alpha value is -3.25. The van der Waals surface area contributed by atoms with Gasteiger partial charge in [-0.25, -0.2) is 9.18 Å². The number of carbonyl (C=O) groups is 1. The first-order valence-electron chi connectivity index (χ1n) is 10.2. The van der Waals surface area contributed by atoms with Crippen molar-refractivity contribution in [3.05, 3.63) is 89.5 Å². The van der Waals surface area contributed by atoms with Crippen LogP contribution in [0.1, 0.15) is 28.7 Å². The summed E-state index contributed by atoms with van der Waals surface area (Å²) in [6.07, 6.45) is 2.31. The van der Waals surface area contributed by atoms with Crippen LogP contribution in [0.5, 0.6) is 0 Å². The molecule has 0 saturated carbocycles. The topological polar surface area (TPSA) is 54.5 Å². The van der Waals surface area contributed by atoms with Crippen LogP contribution in [0, 0.1) is 5.82 Å². The zero-order valence-electron chi connectivity index (χ0n) is 16.4. The van der Waals surface area contributed by atoms with Crippen molar-refractivity contribution in [2.24, 2.45) is 0 Å². The molecule has 1 aromatic heterocycles. The van der Waals surface area contributed by atoms with Gasteiger partial charge < -0.3 is 10.1 Å². The van der Waals surface area contributed by atoms with Crippen molar-refractivity contribution in [2.45, 2.75) is 12.0 Å². The Morgan fingerprint density at radius 3 is 2.47 bits per heavy atom. The number of fused-ring (bicyclic) bond motifs is 3. The molecule has 0 radical (unpaired) electrons. The number of benzene rings is 2. The highest BCUT2D eigenvalue weighted by atomic mass is 19.1. The molecule has 2 heterocycles. The summed E-state index contributed by atoms with van der Waals surface area (Å²) in [5.41, 5.74) is 5.17. The molecule has 152 valence electrons. The van der Waals surface area contributed by atoms with Gasteiger partial charge in [-0.2, -0.15) is 0 Å². The molecule has 1 unspecified atom stereocenters. The standard InChI is InChI=1S/C24H22FN3O2/c25-22-13-26-10-9-20(22)23-14-27-11-12-28(23)24(29)30-15-21-18-7-3-1-5-16(18)17-6-2-4-8-19(17)21/h1-10,13,21,23,27H,11-12,14-15H2. The fourth-order valence-corrected chi connectivity index (χ4v) is 4.53. The van der Waals surface area contributed by atoms with Gasteiger partial charge in [0.25, 0.3) is 0 Å². The van der Waals surface area contributed by atoms with Crippen LogP contribution in [-0.2, 0) is 4.74 Å². The molecule has 6 heteroatoms. The number of nitrogens with one attached hydrogen (secondary N) is 1. The molecule has 3 aromatic rings. The van der Waals surface area contributed by atoms with E-state index in [1.807, 2.05) is 24.3 Å². The van der Waals surface area contributed by atoms with E-state index in [-0.39, 0.29) is 12.5 Å². The summed E-state index contributed by atoms with van der Waals surface area (Å²) in [7, 11) is 0. The Labute approximate surface area is 174 Å². The van der Waals surface area contributed by atoms with E-state index in [1.54, 1.807) is 17.2 Å². The van der Waals surface area contributed by atoms with Crippen molar-refractivity contribution >= 4 is 6.09 Å². The number of aromatic nitrogens is 1. The number of amides is 1. The number of ether oxygens (including phenoxy) is 1. The predicted octanol–water partition coefficient (Wildman–Crippen LogP) is 4.12. The van der Waals surface area contributed by atoms with E-state index in [4.69, 9.17) is 4.74 Å². The van der Waals surface area contributed by atoms with E-state index >= 15 is 0 Å². The molecule has 1 saturated heterocycles. The second-order valence-electron chi connectivity index (χ2n) is 7.61.